The average molecular weight is 300 g/mol. The quantitative estimate of drug-likeness (QED) is 0.547. The molecule has 4 aliphatic carbocycles. The topological polar surface area (TPSA) is 17.1 Å². The lowest BCUT2D eigenvalue weighted by atomic mass is 9.47. The van der Waals surface area contributed by atoms with Crippen molar-refractivity contribution in [2.24, 2.45) is 40.4 Å². The number of carbonyl (C=O) groups excluding carboxylic acids is 1. The second-order valence-corrected chi connectivity index (χ2v) is 9.54. The highest BCUT2D eigenvalue weighted by Gasteiger charge is 2.59. The SMILES string of the molecule is CC1CC[C@@]2(C)C(=CC[C@@H]3[C@H]2CC[C@]2(C)C(C)C(=O)C[C@@H]32)C1. The van der Waals surface area contributed by atoms with E-state index in [1.807, 2.05) is 0 Å². The summed E-state index contributed by atoms with van der Waals surface area (Å²) in [5, 5.41) is 0. The van der Waals surface area contributed by atoms with E-state index in [-0.39, 0.29) is 0 Å². The first-order chi connectivity index (χ1) is 10.4. The molecule has 0 radical (unpaired) electrons. The Morgan fingerprint density at radius 1 is 1.05 bits per heavy atom. The monoisotopic (exact) mass is 300 g/mol. The maximum Gasteiger partial charge on any atom is 0.136 e. The number of carbonyl (C=O) groups is 1. The molecule has 1 heteroatoms. The summed E-state index contributed by atoms with van der Waals surface area (Å²) in [7, 11) is 0. The fraction of sp³-hybridized carbons (Fsp3) is 0.857. The lowest BCUT2D eigenvalue weighted by Gasteiger charge is -2.57. The van der Waals surface area contributed by atoms with Crippen LogP contribution in [0, 0.1) is 40.4 Å². The first kappa shape index (κ1) is 15.0. The summed E-state index contributed by atoms with van der Waals surface area (Å²) in [4.78, 5) is 12.4. The number of allylic oxidation sites excluding steroid dienone is 2. The van der Waals surface area contributed by atoms with Gasteiger partial charge in [-0.15, -0.1) is 0 Å². The van der Waals surface area contributed by atoms with Crippen molar-refractivity contribution < 1.29 is 4.79 Å². The number of rotatable bonds is 0. The molecule has 0 N–H and O–H groups in total. The molecule has 0 heterocycles. The Bertz CT molecular complexity index is 532. The molecule has 0 spiro atoms. The molecule has 7 atom stereocenters. The third-order valence-electron chi connectivity index (χ3n) is 8.68. The zero-order valence-corrected chi connectivity index (χ0v) is 14.8. The van der Waals surface area contributed by atoms with Crippen LogP contribution in [-0.2, 0) is 4.79 Å². The van der Waals surface area contributed by atoms with Crippen molar-refractivity contribution >= 4 is 5.78 Å². The highest BCUT2D eigenvalue weighted by atomic mass is 16.1. The molecule has 0 aromatic rings. The number of fused-ring (bicyclic) bond motifs is 5. The summed E-state index contributed by atoms with van der Waals surface area (Å²) in [5.41, 5.74) is 2.52. The molecule has 0 aromatic heterocycles. The van der Waals surface area contributed by atoms with Gasteiger partial charge >= 0.3 is 0 Å². The van der Waals surface area contributed by atoms with E-state index in [1.165, 1.54) is 38.5 Å². The van der Waals surface area contributed by atoms with Crippen LogP contribution in [0.15, 0.2) is 11.6 Å². The van der Waals surface area contributed by atoms with Crippen LogP contribution in [0.25, 0.3) is 0 Å². The maximum absolute atomic E-state index is 12.4. The highest BCUT2D eigenvalue weighted by molar-refractivity contribution is 5.84. The lowest BCUT2D eigenvalue weighted by Crippen LogP contribution is -2.49. The molecule has 122 valence electrons. The second kappa shape index (κ2) is 4.71. The van der Waals surface area contributed by atoms with Crippen molar-refractivity contribution in [2.45, 2.75) is 72.6 Å². The van der Waals surface area contributed by atoms with Crippen LogP contribution in [0.1, 0.15) is 72.6 Å². The minimum atomic E-state index is 0.294. The van der Waals surface area contributed by atoms with E-state index in [1.54, 1.807) is 5.57 Å². The fourth-order valence-corrected chi connectivity index (χ4v) is 6.87. The van der Waals surface area contributed by atoms with Gasteiger partial charge in [-0.25, -0.2) is 0 Å². The summed E-state index contributed by atoms with van der Waals surface area (Å²) < 4.78 is 0. The first-order valence-electron chi connectivity index (χ1n) is 9.58. The minimum absolute atomic E-state index is 0.294. The summed E-state index contributed by atoms with van der Waals surface area (Å²) in [6.07, 6.45) is 11.5. The molecule has 4 aliphatic rings. The predicted molar refractivity (Wildman–Crippen MR) is 90.4 cm³/mol. The van der Waals surface area contributed by atoms with Gasteiger partial charge in [-0.1, -0.05) is 39.3 Å². The molecular weight excluding hydrogens is 268 g/mol. The van der Waals surface area contributed by atoms with Gasteiger partial charge in [0.05, 0.1) is 0 Å². The van der Waals surface area contributed by atoms with E-state index in [0.29, 0.717) is 28.4 Å². The van der Waals surface area contributed by atoms with E-state index in [9.17, 15) is 4.79 Å². The van der Waals surface area contributed by atoms with Gasteiger partial charge in [0.15, 0.2) is 0 Å². The normalized spacial score (nSPS) is 54.3. The summed E-state index contributed by atoms with van der Waals surface area (Å²) in [6.45, 7) is 9.61. The number of Topliss-reactive ketones (excluding diaryl/α,β-unsaturated/α-hetero) is 1. The van der Waals surface area contributed by atoms with Gasteiger partial charge in [-0.3, -0.25) is 4.79 Å². The molecule has 3 saturated carbocycles. The average Bonchev–Trinajstić information content (AvgIpc) is 2.72. The summed E-state index contributed by atoms with van der Waals surface area (Å²) >= 11 is 0. The lowest BCUT2D eigenvalue weighted by molar-refractivity contribution is -0.121. The molecule has 22 heavy (non-hydrogen) atoms. The minimum Gasteiger partial charge on any atom is -0.299 e. The zero-order valence-electron chi connectivity index (χ0n) is 14.8. The maximum atomic E-state index is 12.4. The highest BCUT2D eigenvalue weighted by Crippen LogP contribution is 2.65. The molecule has 4 rings (SSSR count). The second-order valence-electron chi connectivity index (χ2n) is 9.54. The van der Waals surface area contributed by atoms with E-state index >= 15 is 0 Å². The van der Waals surface area contributed by atoms with Gasteiger partial charge in [-0.05, 0) is 73.0 Å². The van der Waals surface area contributed by atoms with Crippen molar-refractivity contribution in [3.05, 3.63) is 11.6 Å². The van der Waals surface area contributed by atoms with Crippen molar-refractivity contribution in [1.29, 1.82) is 0 Å². The smallest absolute Gasteiger partial charge is 0.136 e. The molecule has 0 aliphatic heterocycles. The van der Waals surface area contributed by atoms with E-state index < -0.39 is 0 Å². The molecule has 2 unspecified atom stereocenters. The van der Waals surface area contributed by atoms with Crippen LogP contribution < -0.4 is 0 Å². The van der Waals surface area contributed by atoms with Crippen LogP contribution in [0.3, 0.4) is 0 Å². The molecule has 3 fully saturated rings. The van der Waals surface area contributed by atoms with Gasteiger partial charge < -0.3 is 0 Å². The molecule has 0 amide bonds. The number of ketones is 1. The largest absolute Gasteiger partial charge is 0.299 e. The van der Waals surface area contributed by atoms with E-state index in [0.717, 1.165) is 24.2 Å². The van der Waals surface area contributed by atoms with Gasteiger partial charge in [0.1, 0.15) is 5.78 Å². The van der Waals surface area contributed by atoms with Gasteiger partial charge in [0.25, 0.3) is 0 Å². The van der Waals surface area contributed by atoms with E-state index in [2.05, 4.69) is 33.8 Å². The summed E-state index contributed by atoms with van der Waals surface area (Å²) in [5.74, 6) is 3.99. The number of hydrogen-bond acceptors (Lipinski definition) is 1. The van der Waals surface area contributed by atoms with Crippen molar-refractivity contribution in [1.82, 2.24) is 0 Å². The Kier molecular flexibility index (Phi) is 3.20. The van der Waals surface area contributed by atoms with E-state index in [4.69, 9.17) is 0 Å². The van der Waals surface area contributed by atoms with Gasteiger partial charge in [-0.2, -0.15) is 0 Å². The zero-order chi connectivity index (χ0) is 15.7. The van der Waals surface area contributed by atoms with Crippen LogP contribution in [-0.4, -0.2) is 5.78 Å². The molecule has 0 bridgehead atoms. The van der Waals surface area contributed by atoms with Gasteiger partial charge in [0.2, 0.25) is 0 Å². The van der Waals surface area contributed by atoms with Gasteiger partial charge in [0, 0.05) is 12.3 Å². The molecule has 1 nitrogen and oxygen atoms in total. The Labute approximate surface area is 135 Å². The van der Waals surface area contributed by atoms with Crippen LogP contribution in [0.4, 0.5) is 0 Å². The molecule has 0 saturated heterocycles. The number of hydrogen-bond donors (Lipinski definition) is 0. The molecule has 0 aromatic carbocycles. The fourth-order valence-electron chi connectivity index (χ4n) is 6.87. The molecular formula is C21H32O. The third-order valence-corrected chi connectivity index (χ3v) is 8.68. The predicted octanol–water partition coefficient (Wildman–Crippen LogP) is 5.40. The van der Waals surface area contributed by atoms with Crippen LogP contribution in [0.5, 0.6) is 0 Å². The third kappa shape index (κ3) is 1.80. The van der Waals surface area contributed by atoms with Crippen molar-refractivity contribution in [3.8, 4) is 0 Å². The first-order valence-corrected chi connectivity index (χ1v) is 9.58. The Morgan fingerprint density at radius 2 is 1.82 bits per heavy atom. The van der Waals surface area contributed by atoms with Crippen molar-refractivity contribution in [3.63, 3.8) is 0 Å². The Morgan fingerprint density at radius 3 is 2.59 bits per heavy atom. The Balaban J connectivity index is 1.70. The van der Waals surface area contributed by atoms with Crippen molar-refractivity contribution in [2.75, 3.05) is 0 Å². The summed E-state index contributed by atoms with van der Waals surface area (Å²) in [6, 6.07) is 0. The van der Waals surface area contributed by atoms with Crippen LogP contribution in [0.2, 0.25) is 0 Å². The van der Waals surface area contributed by atoms with Crippen LogP contribution >= 0.6 is 0 Å². The standard InChI is InChI=1S/C21H32O/c1-13-7-9-21(4)15(11-13)5-6-16-17(21)8-10-20(3)14(2)19(22)12-18(16)20/h5,13-14,16-18H,6-12H2,1-4H3/t13?,14?,16-,17-,18+,20-,21+/m1/s1. The Hall–Kier alpha value is -0.590.